The van der Waals surface area contributed by atoms with Crippen LogP contribution in [0.1, 0.15) is 22.5 Å². The molecule has 1 heterocycles. The first-order valence-electron chi connectivity index (χ1n) is 7.80. The van der Waals surface area contributed by atoms with Gasteiger partial charge in [-0.3, -0.25) is 0 Å². The molecular weight excluding hydrogens is 400 g/mol. The van der Waals surface area contributed by atoms with E-state index in [-0.39, 0.29) is 6.61 Å². The number of para-hydroxylation sites is 1. The molecule has 3 aromatic rings. The Balaban J connectivity index is 1.65. The van der Waals surface area contributed by atoms with E-state index < -0.39 is 0 Å². The average molecular weight is 419 g/mol. The maximum atomic E-state index is 6.12. The van der Waals surface area contributed by atoms with Crippen LogP contribution in [0.2, 0.25) is 0 Å². The van der Waals surface area contributed by atoms with Gasteiger partial charge in [0.25, 0.3) is 0 Å². The molecule has 0 aliphatic heterocycles. The summed E-state index contributed by atoms with van der Waals surface area (Å²) in [6, 6.07) is 14.2. The zero-order chi connectivity index (χ0) is 17.8. The standard InChI is InChI=1S/C18H19BrN4OS/c1-12-5-3-6-13(2)17(12)24-10-16-21-22-18(23(16)20)25-11-14-7-4-8-15(19)9-14/h3-9H,10-11,20H2,1-2H3. The van der Waals surface area contributed by atoms with Gasteiger partial charge in [0.15, 0.2) is 5.82 Å². The van der Waals surface area contributed by atoms with E-state index in [2.05, 4.69) is 38.3 Å². The fourth-order valence-electron chi connectivity index (χ4n) is 2.44. The third-order valence-corrected chi connectivity index (χ3v) is 5.25. The van der Waals surface area contributed by atoms with Crippen LogP contribution in [0.5, 0.6) is 5.75 Å². The molecule has 7 heteroatoms. The van der Waals surface area contributed by atoms with Crippen molar-refractivity contribution in [3.8, 4) is 5.75 Å². The Bertz CT molecular complexity index is 861. The summed E-state index contributed by atoms with van der Waals surface area (Å²) in [6.07, 6.45) is 0. The van der Waals surface area contributed by atoms with Crippen LogP contribution in [0.25, 0.3) is 0 Å². The molecular formula is C18H19BrN4OS. The minimum absolute atomic E-state index is 0.284. The second kappa shape index (κ2) is 7.93. The highest BCUT2D eigenvalue weighted by Crippen LogP contribution is 2.25. The zero-order valence-electron chi connectivity index (χ0n) is 14.1. The van der Waals surface area contributed by atoms with Crippen molar-refractivity contribution in [2.45, 2.75) is 31.4 Å². The number of hydrogen-bond acceptors (Lipinski definition) is 5. The smallest absolute Gasteiger partial charge is 0.210 e. The number of nitrogens with zero attached hydrogens (tertiary/aromatic N) is 3. The van der Waals surface area contributed by atoms with Crippen molar-refractivity contribution in [1.29, 1.82) is 0 Å². The van der Waals surface area contributed by atoms with Crippen molar-refractivity contribution in [3.63, 3.8) is 0 Å². The second-order valence-corrected chi connectivity index (χ2v) is 7.56. The summed E-state index contributed by atoms with van der Waals surface area (Å²) in [5.41, 5.74) is 3.37. The Hall–Kier alpha value is -1.99. The van der Waals surface area contributed by atoms with Crippen LogP contribution in [0.4, 0.5) is 0 Å². The maximum absolute atomic E-state index is 6.12. The summed E-state index contributed by atoms with van der Waals surface area (Å²) in [7, 11) is 0. The number of aromatic nitrogens is 3. The molecule has 130 valence electrons. The van der Waals surface area contributed by atoms with E-state index in [1.807, 2.05) is 44.2 Å². The van der Waals surface area contributed by atoms with Gasteiger partial charge in [0.05, 0.1) is 0 Å². The third-order valence-electron chi connectivity index (χ3n) is 3.75. The molecule has 2 aromatic carbocycles. The SMILES string of the molecule is Cc1cccc(C)c1OCc1nnc(SCc2cccc(Br)c2)n1N. The number of nitrogens with two attached hydrogens (primary N) is 1. The minimum Gasteiger partial charge on any atom is -0.485 e. The summed E-state index contributed by atoms with van der Waals surface area (Å²) < 4.78 is 8.46. The Morgan fingerprint density at radius 2 is 1.84 bits per heavy atom. The highest BCUT2D eigenvalue weighted by atomic mass is 79.9. The Morgan fingerprint density at radius 1 is 1.12 bits per heavy atom. The van der Waals surface area contributed by atoms with Crippen molar-refractivity contribution in [2.24, 2.45) is 0 Å². The zero-order valence-corrected chi connectivity index (χ0v) is 16.5. The average Bonchev–Trinajstić information content (AvgIpc) is 2.93. The summed E-state index contributed by atoms with van der Waals surface area (Å²) in [5.74, 6) is 8.36. The van der Waals surface area contributed by atoms with Crippen molar-refractivity contribution < 1.29 is 4.74 Å². The summed E-state index contributed by atoms with van der Waals surface area (Å²) >= 11 is 5.02. The van der Waals surface area contributed by atoms with E-state index in [1.165, 1.54) is 10.2 Å². The minimum atomic E-state index is 0.284. The predicted molar refractivity (Wildman–Crippen MR) is 104 cm³/mol. The van der Waals surface area contributed by atoms with E-state index in [0.717, 1.165) is 27.1 Å². The van der Waals surface area contributed by atoms with Crippen molar-refractivity contribution in [2.75, 3.05) is 5.84 Å². The Morgan fingerprint density at radius 3 is 2.56 bits per heavy atom. The molecule has 0 aliphatic carbocycles. The van der Waals surface area contributed by atoms with E-state index in [1.54, 1.807) is 11.8 Å². The van der Waals surface area contributed by atoms with Crippen LogP contribution in [0.3, 0.4) is 0 Å². The molecule has 5 nitrogen and oxygen atoms in total. The van der Waals surface area contributed by atoms with Gasteiger partial charge < -0.3 is 10.6 Å². The summed E-state index contributed by atoms with van der Waals surface area (Å²) in [4.78, 5) is 0. The van der Waals surface area contributed by atoms with Crippen LogP contribution in [0, 0.1) is 13.8 Å². The molecule has 25 heavy (non-hydrogen) atoms. The normalized spacial score (nSPS) is 10.8. The van der Waals surface area contributed by atoms with Gasteiger partial charge in [-0.25, -0.2) is 4.68 Å². The fourth-order valence-corrected chi connectivity index (χ4v) is 3.71. The highest BCUT2D eigenvalue weighted by Gasteiger charge is 2.12. The van der Waals surface area contributed by atoms with Crippen molar-refractivity contribution in [1.82, 2.24) is 14.9 Å². The lowest BCUT2D eigenvalue weighted by molar-refractivity contribution is 0.288. The van der Waals surface area contributed by atoms with Gasteiger partial charge in [-0.15, -0.1) is 10.2 Å². The fraction of sp³-hybridized carbons (Fsp3) is 0.222. The second-order valence-electron chi connectivity index (χ2n) is 5.70. The number of nitrogen functional groups attached to an aromatic ring is 1. The van der Waals surface area contributed by atoms with Gasteiger partial charge in [0, 0.05) is 10.2 Å². The van der Waals surface area contributed by atoms with E-state index >= 15 is 0 Å². The third kappa shape index (κ3) is 4.35. The number of halogens is 1. The van der Waals surface area contributed by atoms with Crippen LogP contribution in [0.15, 0.2) is 52.1 Å². The van der Waals surface area contributed by atoms with Crippen molar-refractivity contribution >= 4 is 27.7 Å². The van der Waals surface area contributed by atoms with Gasteiger partial charge in [-0.1, -0.05) is 58.0 Å². The maximum Gasteiger partial charge on any atom is 0.210 e. The van der Waals surface area contributed by atoms with Gasteiger partial charge in [0.2, 0.25) is 5.16 Å². The largest absolute Gasteiger partial charge is 0.485 e. The Labute approximate surface area is 159 Å². The molecule has 0 radical (unpaired) electrons. The predicted octanol–water partition coefficient (Wildman–Crippen LogP) is 4.24. The lowest BCUT2D eigenvalue weighted by atomic mass is 10.1. The molecule has 0 spiro atoms. The molecule has 1 aromatic heterocycles. The summed E-state index contributed by atoms with van der Waals surface area (Å²) in [5, 5.41) is 8.99. The first kappa shape index (κ1) is 17.8. The molecule has 0 amide bonds. The van der Waals surface area contributed by atoms with E-state index in [4.69, 9.17) is 10.6 Å². The first-order valence-corrected chi connectivity index (χ1v) is 9.58. The molecule has 2 N–H and O–H groups in total. The topological polar surface area (TPSA) is 66.0 Å². The van der Waals surface area contributed by atoms with Crippen molar-refractivity contribution in [3.05, 3.63) is 69.5 Å². The molecule has 0 aliphatic rings. The number of ether oxygens (including phenoxy) is 1. The van der Waals surface area contributed by atoms with Crippen LogP contribution >= 0.6 is 27.7 Å². The van der Waals surface area contributed by atoms with Gasteiger partial charge in [0.1, 0.15) is 12.4 Å². The van der Waals surface area contributed by atoms with Crippen LogP contribution < -0.4 is 10.6 Å². The molecule has 3 rings (SSSR count). The van der Waals surface area contributed by atoms with Gasteiger partial charge in [-0.05, 0) is 42.7 Å². The lowest BCUT2D eigenvalue weighted by Crippen LogP contribution is -2.16. The van der Waals surface area contributed by atoms with Gasteiger partial charge >= 0.3 is 0 Å². The molecule has 0 bridgehead atoms. The van der Waals surface area contributed by atoms with Crippen LogP contribution in [-0.2, 0) is 12.4 Å². The first-order chi connectivity index (χ1) is 12.0. The van der Waals surface area contributed by atoms with E-state index in [0.29, 0.717) is 11.0 Å². The molecule has 0 saturated carbocycles. The quantitative estimate of drug-likeness (QED) is 0.478. The highest BCUT2D eigenvalue weighted by molar-refractivity contribution is 9.10. The van der Waals surface area contributed by atoms with Crippen LogP contribution in [-0.4, -0.2) is 14.9 Å². The Kier molecular flexibility index (Phi) is 5.65. The molecule has 0 fully saturated rings. The molecule has 0 atom stereocenters. The monoisotopic (exact) mass is 418 g/mol. The number of rotatable bonds is 6. The number of aryl methyl sites for hydroxylation is 2. The number of thioether (sulfide) groups is 1. The lowest BCUT2D eigenvalue weighted by Gasteiger charge is -2.11. The number of hydrogen-bond donors (Lipinski definition) is 1. The summed E-state index contributed by atoms with van der Waals surface area (Å²) in [6.45, 7) is 4.33. The van der Waals surface area contributed by atoms with E-state index in [9.17, 15) is 0 Å². The number of benzene rings is 2. The van der Waals surface area contributed by atoms with Gasteiger partial charge in [-0.2, -0.15) is 0 Å². The molecule has 0 unspecified atom stereocenters. The molecule has 0 saturated heterocycles.